The molecule has 0 spiro atoms. The van der Waals surface area contributed by atoms with Crippen molar-refractivity contribution in [3.8, 4) is 0 Å². The molecule has 0 radical (unpaired) electrons. The van der Waals surface area contributed by atoms with Crippen LogP contribution in [0.1, 0.15) is 12.5 Å². The van der Waals surface area contributed by atoms with Gasteiger partial charge in [0.1, 0.15) is 11.6 Å². The summed E-state index contributed by atoms with van der Waals surface area (Å²) in [5.74, 6) is -0.581. The number of aromatic nitrogens is 1. The highest BCUT2D eigenvalue weighted by atomic mass is 32.2. The molecule has 1 rings (SSSR count). The molecule has 19 heavy (non-hydrogen) atoms. The van der Waals surface area contributed by atoms with E-state index in [1.54, 1.807) is 0 Å². The number of rotatable bonds is 5. The van der Waals surface area contributed by atoms with Gasteiger partial charge in [0.25, 0.3) is 0 Å². The largest absolute Gasteiger partial charge is 0.416 e. The van der Waals surface area contributed by atoms with Crippen molar-refractivity contribution in [2.45, 2.75) is 13.1 Å². The number of alkyl halides is 3. The second-order valence-corrected chi connectivity index (χ2v) is 6.30. The number of nitrogen functional groups attached to an aromatic ring is 1. The van der Waals surface area contributed by atoms with Gasteiger partial charge in [-0.1, -0.05) is 6.92 Å². The lowest BCUT2D eigenvalue weighted by molar-refractivity contribution is -0.137. The van der Waals surface area contributed by atoms with Crippen molar-refractivity contribution in [1.82, 2.24) is 4.98 Å². The zero-order valence-corrected chi connectivity index (χ0v) is 11.0. The summed E-state index contributed by atoms with van der Waals surface area (Å²) >= 11 is 0. The second-order valence-electron chi connectivity index (χ2n) is 3.83. The molecule has 9 heteroatoms. The summed E-state index contributed by atoms with van der Waals surface area (Å²) in [6, 6.07) is 1.50. The summed E-state index contributed by atoms with van der Waals surface area (Å²) in [6.07, 6.45) is -4.52. The maximum atomic E-state index is 12.5. The van der Waals surface area contributed by atoms with Crippen molar-refractivity contribution in [2.75, 3.05) is 29.1 Å². The Labute approximate surface area is 108 Å². The average molecular weight is 297 g/mol. The number of hydrogen-bond acceptors (Lipinski definition) is 5. The van der Waals surface area contributed by atoms with Crippen molar-refractivity contribution in [3.05, 3.63) is 17.7 Å². The Morgan fingerprint density at radius 1 is 1.37 bits per heavy atom. The number of pyridine rings is 1. The summed E-state index contributed by atoms with van der Waals surface area (Å²) in [4.78, 5) is 3.66. The molecule has 0 aromatic carbocycles. The van der Waals surface area contributed by atoms with Crippen molar-refractivity contribution >= 4 is 21.5 Å². The van der Waals surface area contributed by atoms with Crippen LogP contribution in [0.4, 0.5) is 24.8 Å². The fourth-order valence-electron chi connectivity index (χ4n) is 1.29. The Bertz CT molecular complexity index is 543. The van der Waals surface area contributed by atoms with E-state index in [4.69, 9.17) is 5.73 Å². The minimum absolute atomic E-state index is 0.0210. The molecule has 0 amide bonds. The van der Waals surface area contributed by atoms with E-state index in [9.17, 15) is 21.6 Å². The first kappa shape index (κ1) is 15.5. The molecule has 3 N–H and O–H groups in total. The van der Waals surface area contributed by atoms with E-state index in [2.05, 4.69) is 10.3 Å². The number of nitrogens with zero attached hydrogens (tertiary/aromatic N) is 1. The van der Waals surface area contributed by atoms with Crippen LogP contribution in [-0.2, 0) is 16.0 Å². The van der Waals surface area contributed by atoms with E-state index in [1.807, 2.05) is 0 Å². The highest BCUT2D eigenvalue weighted by Crippen LogP contribution is 2.31. The minimum Gasteiger partial charge on any atom is -0.384 e. The number of sulfone groups is 1. The standard InChI is InChI=1S/C10H14F3N3O2S/c1-2-19(17,18)4-3-15-9-6-7(10(11,12)13)5-8(14)16-9/h5-6H,2-4H2,1H3,(H3,14,15,16). The minimum atomic E-state index is -4.52. The summed E-state index contributed by atoms with van der Waals surface area (Å²) in [7, 11) is -3.18. The Hall–Kier alpha value is -1.51. The van der Waals surface area contributed by atoms with E-state index in [0.717, 1.165) is 6.07 Å². The molecule has 0 aliphatic carbocycles. The van der Waals surface area contributed by atoms with Crippen LogP contribution in [0.3, 0.4) is 0 Å². The Balaban J connectivity index is 2.77. The number of hydrogen-bond donors (Lipinski definition) is 2. The molecule has 1 aromatic rings. The van der Waals surface area contributed by atoms with Gasteiger partial charge in [0.05, 0.1) is 11.3 Å². The maximum Gasteiger partial charge on any atom is 0.416 e. The van der Waals surface area contributed by atoms with Crippen LogP contribution in [0.25, 0.3) is 0 Å². The lowest BCUT2D eigenvalue weighted by Crippen LogP contribution is -2.18. The molecule has 0 unspecified atom stereocenters. The number of nitrogens with two attached hydrogens (primary N) is 1. The lowest BCUT2D eigenvalue weighted by Gasteiger charge is -2.11. The van der Waals surface area contributed by atoms with Gasteiger partial charge in [0.15, 0.2) is 9.84 Å². The summed E-state index contributed by atoms with van der Waals surface area (Å²) in [5.41, 5.74) is 4.34. The SMILES string of the molecule is CCS(=O)(=O)CCNc1cc(C(F)(F)F)cc(N)n1. The molecule has 0 saturated heterocycles. The molecule has 0 aliphatic rings. The first-order chi connectivity index (χ1) is 8.64. The van der Waals surface area contributed by atoms with E-state index < -0.39 is 21.6 Å². The van der Waals surface area contributed by atoms with E-state index in [-0.39, 0.29) is 29.7 Å². The van der Waals surface area contributed by atoms with Crippen LogP contribution in [0.5, 0.6) is 0 Å². The van der Waals surface area contributed by atoms with Gasteiger partial charge in [-0.3, -0.25) is 0 Å². The average Bonchev–Trinajstić information content (AvgIpc) is 2.27. The van der Waals surface area contributed by atoms with Gasteiger partial charge < -0.3 is 11.1 Å². The maximum absolute atomic E-state index is 12.5. The third-order valence-electron chi connectivity index (χ3n) is 2.33. The molecule has 0 fully saturated rings. The fraction of sp³-hybridized carbons (Fsp3) is 0.500. The normalized spacial score (nSPS) is 12.4. The topological polar surface area (TPSA) is 85.1 Å². The molecular formula is C10H14F3N3O2S. The first-order valence-corrected chi connectivity index (χ1v) is 7.25. The Kier molecular flexibility index (Phi) is 4.61. The molecule has 1 aromatic heterocycles. The van der Waals surface area contributed by atoms with Crippen molar-refractivity contribution in [2.24, 2.45) is 0 Å². The highest BCUT2D eigenvalue weighted by molar-refractivity contribution is 7.91. The third kappa shape index (κ3) is 4.93. The fourth-order valence-corrected chi connectivity index (χ4v) is 1.99. The Morgan fingerprint density at radius 3 is 2.53 bits per heavy atom. The van der Waals surface area contributed by atoms with Crippen molar-refractivity contribution < 1.29 is 21.6 Å². The van der Waals surface area contributed by atoms with Crippen LogP contribution in [0.2, 0.25) is 0 Å². The molecule has 5 nitrogen and oxygen atoms in total. The van der Waals surface area contributed by atoms with E-state index >= 15 is 0 Å². The number of nitrogens with one attached hydrogen (secondary N) is 1. The second kappa shape index (κ2) is 5.64. The van der Waals surface area contributed by atoms with Gasteiger partial charge in [-0.15, -0.1) is 0 Å². The quantitative estimate of drug-likeness (QED) is 0.861. The molecule has 0 aliphatic heterocycles. The van der Waals surface area contributed by atoms with Crippen LogP contribution in [-0.4, -0.2) is 31.5 Å². The van der Waals surface area contributed by atoms with E-state index in [1.165, 1.54) is 6.92 Å². The molecule has 0 saturated carbocycles. The van der Waals surface area contributed by atoms with Crippen molar-refractivity contribution in [3.63, 3.8) is 0 Å². The van der Waals surface area contributed by atoms with E-state index in [0.29, 0.717) is 6.07 Å². The van der Waals surface area contributed by atoms with Gasteiger partial charge in [0.2, 0.25) is 0 Å². The number of halogens is 3. The molecular weight excluding hydrogens is 283 g/mol. The smallest absolute Gasteiger partial charge is 0.384 e. The Morgan fingerprint density at radius 2 is 2.00 bits per heavy atom. The zero-order chi connectivity index (χ0) is 14.7. The summed E-state index contributed by atoms with van der Waals surface area (Å²) in [6.45, 7) is 1.47. The van der Waals surface area contributed by atoms with Gasteiger partial charge >= 0.3 is 6.18 Å². The molecule has 0 bridgehead atoms. The van der Waals surface area contributed by atoms with Crippen molar-refractivity contribution in [1.29, 1.82) is 0 Å². The zero-order valence-electron chi connectivity index (χ0n) is 10.2. The summed E-state index contributed by atoms with van der Waals surface area (Å²) in [5, 5.41) is 2.52. The molecule has 0 atom stereocenters. The van der Waals surface area contributed by atoms with Crippen LogP contribution < -0.4 is 11.1 Å². The van der Waals surface area contributed by atoms with Crippen LogP contribution in [0.15, 0.2) is 12.1 Å². The number of anilines is 2. The molecule has 108 valence electrons. The highest BCUT2D eigenvalue weighted by Gasteiger charge is 2.31. The van der Waals surface area contributed by atoms with Gasteiger partial charge in [-0.25, -0.2) is 13.4 Å². The first-order valence-electron chi connectivity index (χ1n) is 5.43. The predicted molar refractivity (Wildman–Crippen MR) is 66.5 cm³/mol. The monoisotopic (exact) mass is 297 g/mol. The lowest BCUT2D eigenvalue weighted by atomic mass is 10.2. The van der Waals surface area contributed by atoms with Crippen LogP contribution in [0, 0.1) is 0 Å². The van der Waals surface area contributed by atoms with Gasteiger partial charge in [-0.2, -0.15) is 13.2 Å². The molecule has 1 heterocycles. The van der Waals surface area contributed by atoms with Gasteiger partial charge in [-0.05, 0) is 12.1 Å². The predicted octanol–water partition coefficient (Wildman–Crippen LogP) is 1.53. The van der Waals surface area contributed by atoms with Crippen LogP contribution >= 0.6 is 0 Å². The summed E-state index contributed by atoms with van der Waals surface area (Å²) < 4.78 is 60.0. The third-order valence-corrected chi connectivity index (χ3v) is 4.04. The van der Waals surface area contributed by atoms with Gasteiger partial charge in [0, 0.05) is 12.3 Å².